The van der Waals surface area contributed by atoms with Crippen molar-refractivity contribution < 1.29 is 4.79 Å². The highest BCUT2D eigenvalue weighted by Gasteiger charge is 2.21. The summed E-state index contributed by atoms with van der Waals surface area (Å²) in [5, 5.41) is 0. The van der Waals surface area contributed by atoms with Crippen LogP contribution >= 0.6 is 31.9 Å². The Morgan fingerprint density at radius 1 is 1.08 bits per heavy atom. The number of amidine groups is 2. The first-order valence-electron chi connectivity index (χ1n) is 7.98. The van der Waals surface area contributed by atoms with Crippen LogP contribution in [0, 0.1) is 0 Å². The Hall–Kier alpha value is -2.31. The fourth-order valence-electron chi connectivity index (χ4n) is 2.83. The fourth-order valence-corrected chi connectivity index (χ4v) is 3.61. The molecule has 0 fully saturated rings. The molecule has 4 nitrogen and oxygen atoms in total. The summed E-state index contributed by atoms with van der Waals surface area (Å²) < 4.78 is 1.81. The SMILES string of the molecule is O=C(N=C1N=C2C=CC(Br)=CN2Cc2ccccc21)c1cccc(Br)c1. The van der Waals surface area contributed by atoms with Crippen LogP contribution in [0.15, 0.2) is 85.8 Å². The number of amides is 1. The maximum atomic E-state index is 12.7. The van der Waals surface area contributed by atoms with Crippen LogP contribution in [-0.2, 0) is 6.54 Å². The molecule has 2 aromatic rings. The van der Waals surface area contributed by atoms with E-state index in [1.807, 2.05) is 59.7 Å². The summed E-state index contributed by atoms with van der Waals surface area (Å²) in [6.07, 6.45) is 5.82. The first kappa shape index (κ1) is 17.1. The summed E-state index contributed by atoms with van der Waals surface area (Å²) in [5.41, 5.74) is 2.46. The molecule has 2 aliphatic rings. The zero-order valence-electron chi connectivity index (χ0n) is 13.6. The molecule has 2 aromatic carbocycles. The lowest BCUT2D eigenvalue weighted by Crippen LogP contribution is -2.24. The molecule has 2 aliphatic heterocycles. The molecule has 0 spiro atoms. The number of nitrogens with zero attached hydrogens (tertiary/aromatic N) is 3. The van der Waals surface area contributed by atoms with Gasteiger partial charge in [0.2, 0.25) is 0 Å². The van der Waals surface area contributed by atoms with E-state index >= 15 is 0 Å². The number of carbonyl (C=O) groups is 1. The first-order valence-corrected chi connectivity index (χ1v) is 9.56. The number of hydrogen-bond acceptors (Lipinski definition) is 2. The second-order valence-electron chi connectivity index (χ2n) is 5.85. The molecule has 0 radical (unpaired) electrons. The van der Waals surface area contributed by atoms with E-state index in [0.717, 1.165) is 25.9 Å². The van der Waals surface area contributed by atoms with Gasteiger partial charge in [-0.05, 0) is 51.8 Å². The van der Waals surface area contributed by atoms with Crippen LogP contribution < -0.4 is 0 Å². The predicted molar refractivity (Wildman–Crippen MR) is 111 cm³/mol. The van der Waals surface area contributed by atoms with Gasteiger partial charge in [0.1, 0.15) is 5.84 Å². The summed E-state index contributed by atoms with van der Waals surface area (Å²) in [4.78, 5) is 23.7. The van der Waals surface area contributed by atoms with E-state index in [2.05, 4.69) is 41.8 Å². The summed E-state index contributed by atoms with van der Waals surface area (Å²) in [6, 6.07) is 15.1. The van der Waals surface area contributed by atoms with Gasteiger partial charge in [-0.1, -0.05) is 46.3 Å². The van der Waals surface area contributed by atoms with Gasteiger partial charge in [0.15, 0.2) is 5.84 Å². The molecule has 4 rings (SSSR count). The lowest BCUT2D eigenvalue weighted by atomic mass is 10.1. The fraction of sp³-hybridized carbons (Fsp3) is 0.0500. The Bertz CT molecular complexity index is 1020. The summed E-state index contributed by atoms with van der Waals surface area (Å²) in [7, 11) is 0. The summed E-state index contributed by atoms with van der Waals surface area (Å²) in [5.74, 6) is 0.870. The highest BCUT2D eigenvalue weighted by Crippen LogP contribution is 2.24. The normalized spacial score (nSPS) is 17.2. The Balaban J connectivity index is 1.82. The van der Waals surface area contributed by atoms with E-state index in [0.29, 0.717) is 17.9 Å². The van der Waals surface area contributed by atoms with E-state index in [4.69, 9.17) is 0 Å². The minimum absolute atomic E-state index is 0.314. The molecule has 1 amide bonds. The van der Waals surface area contributed by atoms with Crippen molar-refractivity contribution in [3.63, 3.8) is 0 Å². The van der Waals surface area contributed by atoms with Crippen molar-refractivity contribution >= 4 is 49.4 Å². The van der Waals surface area contributed by atoms with Gasteiger partial charge < -0.3 is 4.90 Å². The largest absolute Gasteiger partial charge is 0.327 e. The van der Waals surface area contributed by atoms with Gasteiger partial charge in [-0.3, -0.25) is 4.79 Å². The van der Waals surface area contributed by atoms with Gasteiger partial charge in [0.25, 0.3) is 5.91 Å². The lowest BCUT2D eigenvalue weighted by molar-refractivity contribution is 0.100. The molecule has 0 N–H and O–H groups in total. The van der Waals surface area contributed by atoms with Crippen LogP contribution in [0.2, 0.25) is 0 Å². The molecule has 128 valence electrons. The molecule has 0 aliphatic carbocycles. The number of halogens is 2. The molecule has 26 heavy (non-hydrogen) atoms. The second kappa shape index (κ2) is 7.13. The molecule has 0 unspecified atom stereocenters. The van der Waals surface area contributed by atoms with Crippen LogP contribution in [0.1, 0.15) is 21.5 Å². The average molecular weight is 471 g/mol. The Kier molecular flexibility index (Phi) is 4.70. The quantitative estimate of drug-likeness (QED) is 0.584. The Morgan fingerprint density at radius 2 is 1.92 bits per heavy atom. The molecule has 0 saturated heterocycles. The van der Waals surface area contributed by atoms with Crippen LogP contribution in [0.3, 0.4) is 0 Å². The zero-order chi connectivity index (χ0) is 18.1. The minimum Gasteiger partial charge on any atom is -0.327 e. The maximum Gasteiger partial charge on any atom is 0.279 e. The van der Waals surface area contributed by atoms with E-state index in [1.54, 1.807) is 12.1 Å². The number of fused-ring (bicyclic) bond motifs is 2. The molecule has 0 bridgehead atoms. The molecular weight excluding hydrogens is 458 g/mol. The smallest absolute Gasteiger partial charge is 0.279 e. The zero-order valence-corrected chi connectivity index (χ0v) is 16.7. The molecule has 2 heterocycles. The van der Waals surface area contributed by atoms with Crippen molar-refractivity contribution in [2.75, 3.05) is 0 Å². The van der Waals surface area contributed by atoms with E-state index in [-0.39, 0.29) is 5.91 Å². The van der Waals surface area contributed by atoms with Gasteiger partial charge in [-0.2, -0.15) is 4.99 Å². The predicted octanol–water partition coefficient (Wildman–Crippen LogP) is 5.06. The third kappa shape index (κ3) is 3.48. The number of hydrogen-bond donors (Lipinski definition) is 0. The third-order valence-electron chi connectivity index (χ3n) is 4.06. The topological polar surface area (TPSA) is 45.0 Å². The molecule has 0 saturated carbocycles. The average Bonchev–Trinajstić information content (AvgIpc) is 2.78. The van der Waals surface area contributed by atoms with Gasteiger partial charge >= 0.3 is 0 Å². The van der Waals surface area contributed by atoms with Crippen molar-refractivity contribution in [3.05, 3.63) is 92.5 Å². The number of allylic oxidation sites excluding steroid dienone is 2. The summed E-state index contributed by atoms with van der Waals surface area (Å²) >= 11 is 6.89. The lowest BCUT2D eigenvalue weighted by Gasteiger charge is -2.21. The Labute approximate surface area is 167 Å². The monoisotopic (exact) mass is 469 g/mol. The van der Waals surface area contributed by atoms with Crippen molar-refractivity contribution in [1.29, 1.82) is 0 Å². The maximum absolute atomic E-state index is 12.7. The number of rotatable bonds is 1. The first-order chi connectivity index (χ1) is 12.6. The number of benzene rings is 2. The molecule has 6 heteroatoms. The molecular formula is C20H13Br2N3O. The van der Waals surface area contributed by atoms with Gasteiger partial charge in [-0.25, -0.2) is 4.99 Å². The highest BCUT2D eigenvalue weighted by molar-refractivity contribution is 9.12. The van der Waals surface area contributed by atoms with Crippen molar-refractivity contribution in [2.24, 2.45) is 9.98 Å². The van der Waals surface area contributed by atoms with Crippen molar-refractivity contribution in [1.82, 2.24) is 4.90 Å². The molecule has 0 atom stereocenters. The van der Waals surface area contributed by atoms with Crippen LogP contribution in [0.25, 0.3) is 0 Å². The van der Waals surface area contributed by atoms with E-state index < -0.39 is 0 Å². The van der Waals surface area contributed by atoms with Gasteiger partial charge in [-0.15, -0.1) is 0 Å². The molecule has 0 aromatic heterocycles. The van der Waals surface area contributed by atoms with Gasteiger partial charge in [0.05, 0.1) is 0 Å². The number of carbonyl (C=O) groups excluding carboxylic acids is 1. The van der Waals surface area contributed by atoms with Gasteiger partial charge in [0, 0.05) is 32.8 Å². The minimum atomic E-state index is -0.314. The van der Waals surface area contributed by atoms with E-state index in [1.165, 1.54) is 0 Å². The van der Waals surface area contributed by atoms with Crippen LogP contribution in [-0.4, -0.2) is 22.5 Å². The third-order valence-corrected chi connectivity index (χ3v) is 5.03. The Morgan fingerprint density at radius 3 is 2.77 bits per heavy atom. The van der Waals surface area contributed by atoms with Crippen LogP contribution in [0.5, 0.6) is 0 Å². The second-order valence-corrected chi connectivity index (χ2v) is 7.68. The van der Waals surface area contributed by atoms with Crippen LogP contribution in [0.4, 0.5) is 0 Å². The number of aliphatic imine (C=N–C) groups is 2. The van der Waals surface area contributed by atoms with Crippen molar-refractivity contribution in [3.8, 4) is 0 Å². The highest BCUT2D eigenvalue weighted by atomic mass is 79.9. The van der Waals surface area contributed by atoms with E-state index in [9.17, 15) is 4.79 Å². The standard InChI is InChI=1S/C20H13Br2N3O/c21-15-6-3-5-13(10-15)20(26)24-19-17-7-2-1-4-14(17)11-25-12-16(22)8-9-18(25)23-19/h1-10,12H,11H2. The summed E-state index contributed by atoms with van der Waals surface area (Å²) in [6.45, 7) is 0.665. The van der Waals surface area contributed by atoms with Crippen molar-refractivity contribution in [2.45, 2.75) is 6.54 Å².